The van der Waals surface area contributed by atoms with Crippen LogP contribution in [0.1, 0.15) is 10.5 Å². The second-order valence-electron chi connectivity index (χ2n) is 4.83. The molecule has 0 atom stereocenters. The molecule has 24 heavy (non-hydrogen) atoms. The van der Waals surface area contributed by atoms with Crippen LogP contribution in [-0.2, 0) is 17.1 Å². The maximum Gasteiger partial charge on any atom is 0.265 e. The molecule has 0 aliphatic rings. The van der Waals surface area contributed by atoms with Gasteiger partial charge in [-0.3, -0.25) is 9.52 Å². The molecule has 2 rings (SSSR count). The Morgan fingerprint density at radius 3 is 2.33 bits per heavy atom. The number of primary amides is 1. The summed E-state index contributed by atoms with van der Waals surface area (Å²) in [5, 5.41) is 0.271. The van der Waals surface area contributed by atoms with Gasteiger partial charge in [-0.05, 0) is 6.07 Å². The first-order chi connectivity index (χ1) is 11.2. The lowest BCUT2D eigenvalue weighted by Gasteiger charge is -2.13. The number of carbonyl (C=O) groups excluding carboxylic acids is 1. The molecular formula is C14H16ClN3O5S. The summed E-state index contributed by atoms with van der Waals surface area (Å²) in [5.74, 6) is -0.235. The number of nitrogens with one attached hydrogen (secondary N) is 1. The van der Waals surface area contributed by atoms with Crippen molar-refractivity contribution >= 4 is 33.2 Å². The van der Waals surface area contributed by atoms with Crippen molar-refractivity contribution in [1.29, 1.82) is 0 Å². The van der Waals surface area contributed by atoms with Gasteiger partial charge in [0.15, 0.2) is 0 Å². The summed E-state index contributed by atoms with van der Waals surface area (Å²) in [6.45, 7) is 0. The molecular weight excluding hydrogens is 358 g/mol. The summed E-state index contributed by atoms with van der Waals surface area (Å²) in [6.07, 6.45) is 1.28. The van der Waals surface area contributed by atoms with E-state index in [4.69, 9.17) is 26.8 Å². The van der Waals surface area contributed by atoms with E-state index in [-0.39, 0.29) is 32.8 Å². The van der Waals surface area contributed by atoms with Crippen molar-refractivity contribution in [2.24, 2.45) is 12.8 Å². The van der Waals surface area contributed by atoms with Crippen molar-refractivity contribution in [1.82, 2.24) is 4.57 Å². The maximum absolute atomic E-state index is 12.5. The molecule has 0 bridgehead atoms. The van der Waals surface area contributed by atoms with Crippen LogP contribution in [0.25, 0.3) is 0 Å². The minimum atomic E-state index is -3.98. The minimum absolute atomic E-state index is 0.0658. The number of ether oxygens (including phenoxy) is 2. The lowest BCUT2D eigenvalue weighted by Crippen LogP contribution is -2.14. The fourth-order valence-corrected chi connectivity index (χ4v) is 3.43. The largest absolute Gasteiger partial charge is 0.495 e. The molecule has 0 spiro atoms. The van der Waals surface area contributed by atoms with Crippen LogP contribution in [0, 0.1) is 0 Å². The van der Waals surface area contributed by atoms with Crippen molar-refractivity contribution in [3.8, 4) is 11.5 Å². The highest BCUT2D eigenvalue weighted by molar-refractivity contribution is 7.92. The van der Waals surface area contributed by atoms with Gasteiger partial charge in [-0.2, -0.15) is 0 Å². The number of benzene rings is 1. The quantitative estimate of drug-likeness (QED) is 0.798. The molecule has 1 amide bonds. The summed E-state index contributed by atoms with van der Waals surface area (Å²) in [5.41, 5.74) is 5.41. The van der Waals surface area contributed by atoms with Crippen LogP contribution in [0.5, 0.6) is 11.5 Å². The van der Waals surface area contributed by atoms with Crippen LogP contribution in [0.2, 0.25) is 5.02 Å². The number of halogens is 1. The van der Waals surface area contributed by atoms with Gasteiger partial charge in [-0.25, -0.2) is 8.42 Å². The van der Waals surface area contributed by atoms with Crippen molar-refractivity contribution in [2.45, 2.75) is 4.90 Å². The smallest absolute Gasteiger partial charge is 0.265 e. The van der Waals surface area contributed by atoms with E-state index in [0.717, 1.165) is 0 Å². The van der Waals surface area contributed by atoms with Gasteiger partial charge in [-0.15, -0.1) is 0 Å². The highest BCUT2D eigenvalue weighted by atomic mass is 35.5. The summed E-state index contributed by atoms with van der Waals surface area (Å²) in [7, 11) is 0.326. The molecule has 0 aliphatic heterocycles. The third-order valence-corrected chi connectivity index (χ3v) is 4.89. The molecule has 1 aromatic carbocycles. The lowest BCUT2D eigenvalue weighted by atomic mass is 10.3. The number of aromatic nitrogens is 1. The molecule has 130 valence electrons. The number of rotatable bonds is 6. The minimum Gasteiger partial charge on any atom is -0.495 e. The predicted octanol–water partition coefficient (Wildman–Crippen LogP) is 1.60. The fraction of sp³-hybridized carbons (Fsp3) is 0.214. The van der Waals surface area contributed by atoms with Crippen LogP contribution >= 0.6 is 11.6 Å². The van der Waals surface area contributed by atoms with Gasteiger partial charge in [0.05, 0.1) is 24.9 Å². The van der Waals surface area contributed by atoms with Gasteiger partial charge in [0, 0.05) is 25.4 Å². The second kappa shape index (κ2) is 6.62. The summed E-state index contributed by atoms with van der Waals surface area (Å²) < 4.78 is 39.0. The monoisotopic (exact) mass is 373 g/mol. The third-order valence-electron chi connectivity index (χ3n) is 3.26. The average molecular weight is 374 g/mol. The van der Waals surface area contributed by atoms with Crippen LogP contribution in [0.3, 0.4) is 0 Å². The first-order valence-electron chi connectivity index (χ1n) is 6.60. The molecule has 10 heteroatoms. The van der Waals surface area contributed by atoms with E-state index in [1.165, 1.54) is 50.2 Å². The average Bonchev–Trinajstić information content (AvgIpc) is 2.91. The van der Waals surface area contributed by atoms with E-state index in [9.17, 15) is 13.2 Å². The zero-order valence-electron chi connectivity index (χ0n) is 13.2. The molecule has 0 unspecified atom stereocenters. The standard InChI is InChI=1S/C14H16ClN3O5S/c1-18-7-8(4-11(18)14(16)19)24(20,21)17-10-6-12(22-2)9(15)5-13(10)23-3/h4-7,17H,1-3H3,(H2,16,19). The molecule has 0 fully saturated rings. The van der Waals surface area contributed by atoms with E-state index in [0.29, 0.717) is 0 Å². The Balaban J connectivity index is 2.46. The first kappa shape index (κ1) is 18.0. The Labute approximate surface area is 144 Å². The van der Waals surface area contributed by atoms with Crippen LogP contribution in [-0.4, -0.2) is 33.1 Å². The number of anilines is 1. The third kappa shape index (κ3) is 3.41. The second-order valence-corrected chi connectivity index (χ2v) is 6.92. The van der Waals surface area contributed by atoms with Crippen LogP contribution in [0.15, 0.2) is 29.3 Å². The van der Waals surface area contributed by atoms with Gasteiger partial charge in [0.2, 0.25) is 0 Å². The number of methoxy groups -OCH3 is 2. The van der Waals surface area contributed by atoms with E-state index in [1.807, 2.05) is 0 Å². The Bertz CT molecular complexity index is 892. The molecule has 2 aromatic rings. The molecule has 0 radical (unpaired) electrons. The van der Waals surface area contributed by atoms with Crippen LogP contribution in [0.4, 0.5) is 5.69 Å². The molecule has 3 N–H and O–H groups in total. The number of carbonyl (C=O) groups is 1. The zero-order chi connectivity index (χ0) is 18.1. The van der Waals surface area contributed by atoms with Gasteiger partial charge in [0.1, 0.15) is 22.1 Å². The van der Waals surface area contributed by atoms with E-state index < -0.39 is 15.9 Å². The molecule has 8 nitrogen and oxygen atoms in total. The Hall–Kier alpha value is -2.39. The lowest BCUT2D eigenvalue weighted by molar-refractivity contribution is 0.0992. The zero-order valence-corrected chi connectivity index (χ0v) is 14.7. The number of nitrogens with two attached hydrogens (primary N) is 1. The van der Waals surface area contributed by atoms with E-state index in [1.54, 1.807) is 0 Å². The van der Waals surface area contributed by atoms with Crippen molar-refractivity contribution in [2.75, 3.05) is 18.9 Å². The number of amides is 1. The molecule has 0 saturated carbocycles. The predicted molar refractivity (Wildman–Crippen MR) is 89.3 cm³/mol. The van der Waals surface area contributed by atoms with Gasteiger partial charge in [-0.1, -0.05) is 11.6 Å². The highest BCUT2D eigenvalue weighted by Gasteiger charge is 2.22. The summed E-state index contributed by atoms with van der Waals surface area (Å²) >= 11 is 5.99. The van der Waals surface area contributed by atoms with Crippen LogP contribution < -0.4 is 19.9 Å². The van der Waals surface area contributed by atoms with E-state index >= 15 is 0 Å². The molecule has 1 heterocycles. The molecule has 0 aliphatic carbocycles. The van der Waals surface area contributed by atoms with Crippen molar-refractivity contribution < 1.29 is 22.7 Å². The number of nitrogens with zero attached hydrogens (tertiary/aromatic N) is 1. The van der Waals surface area contributed by atoms with Gasteiger partial charge < -0.3 is 19.8 Å². The Morgan fingerprint density at radius 2 is 1.83 bits per heavy atom. The molecule has 0 saturated heterocycles. The maximum atomic E-state index is 12.5. The number of hydrogen-bond donors (Lipinski definition) is 2. The number of sulfonamides is 1. The molecule has 1 aromatic heterocycles. The highest BCUT2D eigenvalue weighted by Crippen LogP contribution is 2.37. The summed E-state index contributed by atoms with van der Waals surface area (Å²) in [6, 6.07) is 4.01. The first-order valence-corrected chi connectivity index (χ1v) is 8.46. The normalized spacial score (nSPS) is 11.2. The van der Waals surface area contributed by atoms with E-state index in [2.05, 4.69) is 4.72 Å². The Morgan fingerprint density at radius 1 is 1.21 bits per heavy atom. The van der Waals surface area contributed by atoms with Gasteiger partial charge >= 0.3 is 0 Å². The van der Waals surface area contributed by atoms with Crippen molar-refractivity contribution in [3.63, 3.8) is 0 Å². The number of aryl methyl sites for hydroxylation is 1. The fourth-order valence-electron chi connectivity index (χ4n) is 2.07. The summed E-state index contributed by atoms with van der Waals surface area (Å²) in [4.78, 5) is 11.2. The number of hydrogen-bond acceptors (Lipinski definition) is 5. The SMILES string of the molecule is COc1cc(NS(=O)(=O)c2cc(C(N)=O)n(C)c2)c(OC)cc1Cl. The van der Waals surface area contributed by atoms with Crippen molar-refractivity contribution in [3.05, 3.63) is 35.1 Å². The van der Waals surface area contributed by atoms with Gasteiger partial charge in [0.25, 0.3) is 15.9 Å². The topological polar surface area (TPSA) is 113 Å². The Kier molecular flexibility index (Phi) is 4.95.